The number of nitrogens with zero attached hydrogens (tertiary/aromatic N) is 11. The minimum atomic E-state index is -0.0402. The predicted molar refractivity (Wildman–Crippen MR) is 543 cm³/mol. The van der Waals surface area contributed by atoms with E-state index in [1.807, 2.05) is 231 Å². The average Bonchev–Trinajstić information content (AvgIpc) is 1.65. The van der Waals surface area contributed by atoms with Gasteiger partial charge in [-0.15, -0.1) is 0 Å². The Kier molecular flexibility index (Phi) is 21.9. The zero-order valence-corrected chi connectivity index (χ0v) is 73.1. The molecule has 4 aromatic heterocycles. The molecular weight excluding hydrogens is 1640 g/mol. The average molecular weight is 1720 g/mol. The number of hydrogen-bond acceptors (Lipinski definition) is 12. The van der Waals surface area contributed by atoms with Gasteiger partial charge >= 0.3 is 0 Å². The number of para-hydroxylation sites is 2. The highest BCUT2D eigenvalue weighted by molar-refractivity contribution is 6.07. The molecule has 0 saturated carbocycles. The van der Waals surface area contributed by atoms with Crippen molar-refractivity contribution in [2.24, 2.45) is 0 Å². The highest BCUT2D eigenvalue weighted by atomic mass is 16.3. The molecule has 0 N–H and O–H groups in total. The summed E-state index contributed by atoms with van der Waals surface area (Å²) in [5.74, 6) is 6.33. The molecule has 0 unspecified atom stereocenters. The maximum atomic E-state index is 9.36. The maximum Gasteiger partial charge on any atom is 0.227 e. The minimum Gasteiger partial charge on any atom is -0.436 e. The van der Waals surface area contributed by atoms with Gasteiger partial charge in [-0.05, 0) is 154 Å². The van der Waals surface area contributed by atoms with E-state index in [4.69, 9.17) is 49.3 Å². The predicted octanol–water partition coefficient (Wildman–Crippen LogP) is 30.4. The Morgan fingerprint density at radius 2 is 0.500 bits per heavy atom. The second-order valence-corrected chi connectivity index (χ2v) is 33.6. The maximum absolute atomic E-state index is 9.36. The van der Waals surface area contributed by atoms with Gasteiger partial charge in [0.15, 0.2) is 58.0 Å². The lowest BCUT2D eigenvalue weighted by Gasteiger charge is -2.22. The van der Waals surface area contributed by atoms with E-state index in [2.05, 4.69) is 249 Å². The van der Waals surface area contributed by atoms with Crippen LogP contribution < -0.4 is 0 Å². The standard InChI is InChI=1S/C46H33N3.C38H24N4O.C38H24N4/c1-46(2)40-20-12-11-19-37(40)38-27-26-35(29-41(38)46)30-21-23-32(24-22-30)42-36-18-10-9-13-31(36)25-28-39(42)45-48-43(33-14-5-3-6-15-33)47-44(49-45)34-16-7-4-8-17-34;1-3-12-27(13-4-1)35-40-36(28-14-5-2-6-15-28)42-37(41-35)31-24-23-25-11-7-8-16-30(25)34(31)26-19-21-29(22-20-26)38-39-32-17-9-10-18-33(32)43-38;39-25-26-10-9-16-32(24-26)27-18-20-29(21-19-27)35-33-17-8-7-11-28(33)22-23-34(35)38-41-36(30-12-3-1-4-13-30)40-37(42-38)31-14-5-2-6-15-31/h3-29H,1-2H3;1-24H;1-24H. The van der Waals surface area contributed by atoms with Crippen molar-refractivity contribution in [2.45, 2.75) is 19.3 Å². The first-order valence-electron chi connectivity index (χ1n) is 44.7. The molecular formula is C122H81N11O. The topological polar surface area (TPSA) is 166 Å². The first-order valence-corrected chi connectivity index (χ1v) is 44.7. The zero-order valence-electron chi connectivity index (χ0n) is 73.1. The molecule has 19 aromatic carbocycles. The van der Waals surface area contributed by atoms with Crippen molar-refractivity contribution in [2.75, 3.05) is 0 Å². The number of aromatic nitrogens is 10. The van der Waals surface area contributed by atoms with E-state index in [0.29, 0.717) is 63.9 Å². The van der Waals surface area contributed by atoms with Gasteiger partial charge in [-0.2, -0.15) is 5.26 Å². The van der Waals surface area contributed by atoms with Gasteiger partial charge in [0.05, 0.1) is 11.6 Å². The van der Waals surface area contributed by atoms with Crippen molar-refractivity contribution < 1.29 is 4.42 Å². The monoisotopic (exact) mass is 1720 g/mol. The molecule has 24 rings (SSSR count). The van der Waals surface area contributed by atoms with Crippen LogP contribution in [-0.4, -0.2) is 49.8 Å². The van der Waals surface area contributed by atoms with Crippen molar-refractivity contribution in [3.63, 3.8) is 0 Å². The summed E-state index contributed by atoms with van der Waals surface area (Å²) in [5.41, 5.74) is 28.0. The molecule has 0 radical (unpaired) electrons. The van der Waals surface area contributed by atoms with Crippen LogP contribution in [0.1, 0.15) is 30.5 Å². The fourth-order valence-electron chi connectivity index (χ4n) is 18.2. The Hall–Kier alpha value is -18.1. The van der Waals surface area contributed by atoms with Crippen LogP contribution in [0, 0.1) is 11.3 Å². The lowest BCUT2D eigenvalue weighted by Crippen LogP contribution is -2.14. The molecule has 630 valence electrons. The van der Waals surface area contributed by atoms with Crippen LogP contribution in [0.25, 0.3) is 224 Å². The van der Waals surface area contributed by atoms with Crippen LogP contribution >= 0.6 is 0 Å². The van der Waals surface area contributed by atoms with Gasteiger partial charge in [0, 0.05) is 77.7 Å². The summed E-state index contributed by atoms with van der Waals surface area (Å²) in [5, 5.41) is 16.2. The molecule has 12 nitrogen and oxygen atoms in total. The van der Waals surface area contributed by atoms with Crippen molar-refractivity contribution >= 4 is 43.4 Å². The first-order chi connectivity index (χ1) is 66.1. The number of hydrogen-bond donors (Lipinski definition) is 0. The molecule has 1 aliphatic rings. The van der Waals surface area contributed by atoms with Crippen molar-refractivity contribution in [1.29, 1.82) is 5.26 Å². The van der Waals surface area contributed by atoms with E-state index in [0.717, 1.165) is 138 Å². The third-order valence-electron chi connectivity index (χ3n) is 24.9. The summed E-state index contributed by atoms with van der Waals surface area (Å²) < 4.78 is 6.04. The molecule has 12 heteroatoms. The number of nitriles is 1. The summed E-state index contributed by atoms with van der Waals surface area (Å²) in [6.07, 6.45) is 0. The summed E-state index contributed by atoms with van der Waals surface area (Å²) in [6.45, 7) is 4.67. The molecule has 0 fully saturated rings. The Morgan fingerprint density at radius 3 is 0.881 bits per heavy atom. The number of rotatable bonds is 15. The van der Waals surface area contributed by atoms with Crippen molar-refractivity contribution in [3.8, 4) is 187 Å². The molecule has 0 aliphatic heterocycles. The van der Waals surface area contributed by atoms with Crippen LogP contribution in [0.2, 0.25) is 0 Å². The quantitative estimate of drug-likeness (QED) is 0.0955. The molecule has 1 aliphatic carbocycles. The van der Waals surface area contributed by atoms with E-state index in [1.165, 1.54) is 38.8 Å². The molecule has 0 atom stereocenters. The molecule has 0 spiro atoms. The molecule has 4 heterocycles. The smallest absolute Gasteiger partial charge is 0.227 e. The molecule has 23 aromatic rings. The third-order valence-corrected chi connectivity index (χ3v) is 24.9. The van der Waals surface area contributed by atoms with Crippen LogP contribution in [-0.2, 0) is 5.41 Å². The fourth-order valence-corrected chi connectivity index (χ4v) is 18.2. The zero-order chi connectivity index (χ0) is 89.8. The van der Waals surface area contributed by atoms with E-state index < -0.39 is 0 Å². The normalized spacial score (nSPS) is 11.7. The first kappa shape index (κ1) is 81.7. The molecule has 0 amide bonds. The largest absolute Gasteiger partial charge is 0.436 e. The molecule has 0 saturated heterocycles. The minimum absolute atomic E-state index is 0.0402. The Bertz CT molecular complexity index is 8160. The number of oxazole rings is 1. The van der Waals surface area contributed by atoms with Crippen LogP contribution in [0.3, 0.4) is 0 Å². The van der Waals surface area contributed by atoms with Gasteiger partial charge in [-0.1, -0.05) is 408 Å². The SMILES string of the molecule is CC1(C)c2ccccc2-c2ccc(-c3ccc(-c4c(-c5nc(-c6ccccc6)nc(-c6ccccc6)n5)ccc5ccccc45)cc3)cc21.N#Cc1cccc(-c2ccc(-c3c(-c4nc(-c5ccccc5)nc(-c5ccccc5)n4)ccc4ccccc34)cc2)c1.c1ccc(-c2nc(-c3ccccc3)nc(-c3ccc4ccccc4c3-c3ccc(-c4nc5ccccc5o4)cc3)n2)cc1. The second kappa shape index (κ2) is 35.9. The Morgan fingerprint density at radius 1 is 0.209 bits per heavy atom. The van der Waals surface area contributed by atoms with Gasteiger partial charge in [-0.3, -0.25) is 0 Å². The molecule has 0 bridgehead atoms. The van der Waals surface area contributed by atoms with E-state index in [9.17, 15) is 5.26 Å². The lowest BCUT2D eigenvalue weighted by atomic mass is 9.81. The highest BCUT2D eigenvalue weighted by Gasteiger charge is 2.36. The van der Waals surface area contributed by atoms with Gasteiger partial charge < -0.3 is 4.42 Å². The Balaban J connectivity index is 0.000000117. The summed E-state index contributed by atoms with van der Waals surface area (Å²) in [7, 11) is 0. The fraction of sp³-hybridized carbons (Fsp3) is 0.0246. The summed E-state index contributed by atoms with van der Waals surface area (Å²) in [6, 6.07) is 158. The van der Waals surface area contributed by atoms with Gasteiger partial charge in [-0.25, -0.2) is 49.8 Å². The highest BCUT2D eigenvalue weighted by Crippen LogP contribution is 2.51. The van der Waals surface area contributed by atoms with Crippen molar-refractivity contribution in [1.82, 2.24) is 49.8 Å². The Labute approximate surface area is 775 Å². The van der Waals surface area contributed by atoms with E-state index in [1.54, 1.807) is 0 Å². The van der Waals surface area contributed by atoms with Gasteiger partial charge in [0.1, 0.15) is 5.52 Å². The van der Waals surface area contributed by atoms with Gasteiger partial charge in [0.25, 0.3) is 0 Å². The number of fused-ring (bicyclic) bond motifs is 7. The van der Waals surface area contributed by atoms with Crippen molar-refractivity contribution in [3.05, 3.63) is 472 Å². The number of benzene rings is 19. The third kappa shape index (κ3) is 16.3. The van der Waals surface area contributed by atoms with E-state index >= 15 is 0 Å². The lowest BCUT2D eigenvalue weighted by molar-refractivity contribution is 0.620. The van der Waals surface area contributed by atoms with Crippen LogP contribution in [0.5, 0.6) is 0 Å². The van der Waals surface area contributed by atoms with Crippen LogP contribution in [0.4, 0.5) is 0 Å². The van der Waals surface area contributed by atoms with Crippen LogP contribution in [0.15, 0.2) is 459 Å². The summed E-state index contributed by atoms with van der Waals surface area (Å²) >= 11 is 0. The molecule has 134 heavy (non-hydrogen) atoms. The second-order valence-electron chi connectivity index (χ2n) is 33.6. The van der Waals surface area contributed by atoms with E-state index in [-0.39, 0.29) is 5.41 Å². The van der Waals surface area contributed by atoms with Gasteiger partial charge in [0.2, 0.25) is 5.89 Å². The summed E-state index contributed by atoms with van der Waals surface area (Å²) in [4.78, 5) is 49.7.